The van der Waals surface area contributed by atoms with Crippen molar-refractivity contribution in [1.82, 2.24) is 5.32 Å². The number of carboxylic acids is 1. The van der Waals surface area contributed by atoms with Gasteiger partial charge >= 0.3 is 12.1 Å². The number of carbonyl (C=O) groups is 2. The lowest BCUT2D eigenvalue weighted by Gasteiger charge is -2.30. The van der Waals surface area contributed by atoms with E-state index in [9.17, 15) is 22.8 Å². The second kappa shape index (κ2) is 6.23. The van der Waals surface area contributed by atoms with Crippen LogP contribution in [0.4, 0.5) is 13.2 Å². The molecule has 2 rings (SSSR count). The molecule has 2 fully saturated rings. The zero-order valence-electron chi connectivity index (χ0n) is 11.7. The average molecular weight is 307 g/mol. The van der Waals surface area contributed by atoms with Crippen LogP contribution in [-0.2, 0) is 9.59 Å². The van der Waals surface area contributed by atoms with E-state index in [2.05, 4.69) is 5.32 Å². The zero-order valence-corrected chi connectivity index (χ0v) is 11.7. The molecule has 0 aliphatic heterocycles. The Balaban J connectivity index is 1.90. The average Bonchev–Trinajstić information content (AvgIpc) is 3.21. The zero-order chi connectivity index (χ0) is 15.6. The van der Waals surface area contributed by atoms with E-state index in [0.717, 1.165) is 12.8 Å². The third-order valence-corrected chi connectivity index (χ3v) is 4.39. The van der Waals surface area contributed by atoms with Crippen LogP contribution in [0.1, 0.15) is 44.9 Å². The van der Waals surface area contributed by atoms with Crippen molar-refractivity contribution < 1.29 is 27.9 Å². The highest BCUT2D eigenvalue weighted by Gasteiger charge is 2.44. The molecule has 3 atom stereocenters. The highest BCUT2D eigenvalue weighted by molar-refractivity contribution is 5.85. The molecule has 0 saturated heterocycles. The number of rotatable bonds is 5. The van der Waals surface area contributed by atoms with Crippen LogP contribution in [0.25, 0.3) is 0 Å². The summed E-state index contributed by atoms with van der Waals surface area (Å²) in [6, 6.07) is -0.976. The largest absolute Gasteiger partial charge is 0.480 e. The highest BCUT2D eigenvalue weighted by Crippen LogP contribution is 2.40. The Morgan fingerprint density at radius 2 is 1.86 bits per heavy atom. The van der Waals surface area contributed by atoms with Crippen LogP contribution in [0, 0.1) is 17.8 Å². The monoisotopic (exact) mass is 307 g/mol. The van der Waals surface area contributed by atoms with Crippen molar-refractivity contribution in [3.05, 3.63) is 0 Å². The normalized spacial score (nSPS) is 28.0. The summed E-state index contributed by atoms with van der Waals surface area (Å²) in [5.74, 6) is -3.52. The van der Waals surface area contributed by atoms with Crippen LogP contribution in [-0.4, -0.2) is 29.2 Å². The van der Waals surface area contributed by atoms with Gasteiger partial charge in [-0.3, -0.25) is 4.79 Å². The number of hydrogen-bond donors (Lipinski definition) is 2. The van der Waals surface area contributed by atoms with Gasteiger partial charge in [-0.25, -0.2) is 4.79 Å². The van der Waals surface area contributed by atoms with Crippen molar-refractivity contribution >= 4 is 11.9 Å². The van der Waals surface area contributed by atoms with Crippen LogP contribution in [0.5, 0.6) is 0 Å². The van der Waals surface area contributed by atoms with E-state index in [1.165, 1.54) is 0 Å². The molecule has 7 heteroatoms. The van der Waals surface area contributed by atoms with E-state index in [1.54, 1.807) is 0 Å². The lowest BCUT2D eigenvalue weighted by atomic mass is 9.80. The minimum atomic E-state index is -4.28. The smallest absolute Gasteiger partial charge is 0.391 e. The summed E-state index contributed by atoms with van der Waals surface area (Å²) in [6.45, 7) is 0. The van der Waals surface area contributed by atoms with E-state index >= 15 is 0 Å². The predicted octanol–water partition coefficient (Wildman–Crippen LogP) is 2.72. The molecule has 4 nitrogen and oxygen atoms in total. The molecule has 0 aromatic rings. The minimum Gasteiger partial charge on any atom is -0.480 e. The van der Waals surface area contributed by atoms with E-state index in [0.29, 0.717) is 25.2 Å². The summed E-state index contributed by atoms with van der Waals surface area (Å²) in [5.41, 5.74) is 0. The molecule has 1 amide bonds. The third-order valence-electron chi connectivity index (χ3n) is 4.39. The fraction of sp³-hybridized carbons (Fsp3) is 0.857. The van der Waals surface area contributed by atoms with Gasteiger partial charge in [-0.1, -0.05) is 19.3 Å². The van der Waals surface area contributed by atoms with Crippen molar-refractivity contribution in [2.75, 3.05) is 0 Å². The molecular weight excluding hydrogens is 287 g/mol. The van der Waals surface area contributed by atoms with E-state index in [1.807, 2.05) is 0 Å². The molecule has 2 N–H and O–H groups in total. The van der Waals surface area contributed by atoms with Gasteiger partial charge in [0.05, 0.1) is 5.92 Å². The first-order valence-corrected chi connectivity index (χ1v) is 7.37. The summed E-state index contributed by atoms with van der Waals surface area (Å²) in [7, 11) is 0. The molecule has 2 saturated carbocycles. The Kier molecular flexibility index (Phi) is 4.78. The van der Waals surface area contributed by atoms with Crippen molar-refractivity contribution in [2.45, 2.75) is 57.2 Å². The Bertz CT molecular complexity index is 407. The van der Waals surface area contributed by atoms with Crippen LogP contribution in [0.3, 0.4) is 0 Å². The van der Waals surface area contributed by atoms with Gasteiger partial charge in [-0.05, 0) is 31.6 Å². The Hall–Kier alpha value is -1.27. The number of carbonyl (C=O) groups excluding carboxylic acids is 1. The van der Waals surface area contributed by atoms with Crippen molar-refractivity contribution in [2.24, 2.45) is 17.8 Å². The molecule has 21 heavy (non-hydrogen) atoms. The quantitative estimate of drug-likeness (QED) is 0.820. The summed E-state index contributed by atoms with van der Waals surface area (Å²) < 4.78 is 38.2. The maximum Gasteiger partial charge on any atom is 0.391 e. The van der Waals surface area contributed by atoms with Gasteiger partial charge in [0, 0.05) is 5.92 Å². The molecular formula is C14H20F3NO3. The Morgan fingerprint density at radius 1 is 1.19 bits per heavy atom. The number of amides is 1. The van der Waals surface area contributed by atoms with Crippen LogP contribution in [0.2, 0.25) is 0 Å². The van der Waals surface area contributed by atoms with Gasteiger partial charge in [0.15, 0.2) is 0 Å². The summed E-state index contributed by atoms with van der Waals surface area (Å²) in [5, 5.41) is 11.5. The van der Waals surface area contributed by atoms with E-state index < -0.39 is 35.9 Å². The summed E-state index contributed by atoms with van der Waals surface area (Å²) in [4.78, 5) is 23.2. The predicted molar refractivity (Wildman–Crippen MR) is 68.4 cm³/mol. The number of nitrogens with one attached hydrogen (secondary N) is 1. The molecule has 0 radical (unpaired) electrons. The molecule has 0 heterocycles. The first-order valence-electron chi connectivity index (χ1n) is 7.37. The van der Waals surface area contributed by atoms with Crippen molar-refractivity contribution in [1.29, 1.82) is 0 Å². The molecule has 0 bridgehead atoms. The Labute approximate surface area is 121 Å². The van der Waals surface area contributed by atoms with Gasteiger partial charge in [-0.15, -0.1) is 0 Å². The topological polar surface area (TPSA) is 66.4 Å². The number of alkyl halides is 3. The van der Waals surface area contributed by atoms with E-state index in [-0.39, 0.29) is 12.8 Å². The first kappa shape index (κ1) is 16.1. The van der Waals surface area contributed by atoms with Crippen LogP contribution in [0.15, 0.2) is 0 Å². The van der Waals surface area contributed by atoms with Gasteiger partial charge in [0.1, 0.15) is 6.04 Å². The second-order valence-electron chi connectivity index (χ2n) is 6.18. The lowest BCUT2D eigenvalue weighted by Crippen LogP contribution is -2.45. The summed E-state index contributed by atoms with van der Waals surface area (Å²) in [6.07, 6.45) is -1.42. The number of hydrogen-bond acceptors (Lipinski definition) is 2. The molecule has 120 valence electrons. The van der Waals surface area contributed by atoms with Gasteiger partial charge in [-0.2, -0.15) is 13.2 Å². The molecule has 0 aromatic carbocycles. The number of aliphatic carboxylic acids is 1. The molecule has 2 aliphatic rings. The summed E-state index contributed by atoms with van der Waals surface area (Å²) >= 11 is 0. The first-order chi connectivity index (χ1) is 9.77. The lowest BCUT2D eigenvalue weighted by molar-refractivity contribution is -0.186. The molecule has 0 aromatic heterocycles. The maximum absolute atomic E-state index is 12.7. The number of carboxylic acid groups (broad SMARTS) is 1. The fourth-order valence-corrected chi connectivity index (χ4v) is 2.92. The SMILES string of the molecule is O=C(NC(CC1CC1)C(=O)O)C1CCCC(C(F)(F)F)C1. The third kappa shape index (κ3) is 4.61. The molecule has 0 spiro atoms. The molecule has 3 unspecified atom stereocenters. The molecule has 2 aliphatic carbocycles. The van der Waals surface area contributed by atoms with Crippen LogP contribution < -0.4 is 5.32 Å². The highest BCUT2D eigenvalue weighted by atomic mass is 19.4. The number of halogens is 3. The fourth-order valence-electron chi connectivity index (χ4n) is 2.92. The van der Waals surface area contributed by atoms with Gasteiger partial charge in [0.25, 0.3) is 0 Å². The van der Waals surface area contributed by atoms with Crippen molar-refractivity contribution in [3.63, 3.8) is 0 Å². The Morgan fingerprint density at radius 3 is 2.38 bits per heavy atom. The van der Waals surface area contributed by atoms with Crippen molar-refractivity contribution in [3.8, 4) is 0 Å². The second-order valence-corrected chi connectivity index (χ2v) is 6.18. The standard InChI is InChI=1S/C14H20F3NO3/c15-14(16,17)10-3-1-2-9(7-10)12(19)18-11(13(20)21)6-8-4-5-8/h8-11H,1-7H2,(H,18,19)(H,20,21). The van der Waals surface area contributed by atoms with E-state index in [4.69, 9.17) is 5.11 Å². The minimum absolute atomic E-state index is 0.0533. The van der Waals surface area contributed by atoms with Gasteiger partial charge in [0.2, 0.25) is 5.91 Å². The van der Waals surface area contributed by atoms with Gasteiger partial charge < -0.3 is 10.4 Å². The van der Waals surface area contributed by atoms with Crippen LogP contribution >= 0.6 is 0 Å². The maximum atomic E-state index is 12.7.